The van der Waals surface area contributed by atoms with Crippen molar-refractivity contribution >= 4 is 18.6 Å². The van der Waals surface area contributed by atoms with Crippen LogP contribution >= 0.6 is 12.6 Å². The standard InChI is InChI=1S/C12H16O2S/c1-5-14-12(13)10-7(2)6-8(3)11(15)9(10)4/h6,15H,5H2,1-4H3. The fourth-order valence-electron chi connectivity index (χ4n) is 1.69. The van der Waals surface area contributed by atoms with Crippen molar-refractivity contribution in [2.75, 3.05) is 6.61 Å². The van der Waals surface area contributed by atoms with Crippen molar-refractivity contribution in [3.05, 3.63) is 28.3 Å². The molecule has 0 saturated carbocycles. The fraction of sp³-hybridized carbons (Fsp3) is 0.417. The molecule has 0 amide bonds. The van der Waals surface area contributed by atoms with Gasteiger partial charge < -0.3 is 4.74 Å². The summed E-state index contributed by atoms with van der Waals surface area (Å²) in [6, 6.07) is 1.96. The Bertz CT molecular complexity index is 397. The molecule has 1 aromatic rings. The van der Waals surface area contributed by atoms with Gasteiger partial charge in [-0.25, -0.2) is 4.79 Å². The second-order valence-corrected chi connectivity index (χ2v) is 4.03. The van der Waals surface area contributed by atoms with Crippen molar-refractivity contribution in [3.8, 4) is 0 Å². The van der Waals surface area contributed by atoms with Crippen LogP contribution in [0.15, 0.2) is 11.0 Å². The lowest BCUT2D eigenvalue weighted by atomic mass is 10.00. The summed E-state index contributed by atoms with van der Waals surface area (Å²) in [4.78, 5) is 12.6. The molecular formula is C12H16O2S. The van der Waals surface area contributed by atoms with Crippen molar-refractivity contribution < 1.29 is 9.53 Å². The van der Waals surface area contributed by atoms with Gasteiger partial charge in [-0.3, -0.25) is 0 Å². The lowest BCUT2D eigenvalue weighted by Gasteiger charge is -2.12. The lowest BCUT2D eigenvalue weighted by molar-refractivity contribution is 0.0524. The fourth-order valence-corrected chi connectivity index (χ4v) is 1.87. The summed E-state index contributed by atoms with van der Waals surface area (Å²) < 4.78 is 5.01. The average Bonchev–Trinajstić information content (AvgIpc) is 2.15. The first-order valence-electron chi connectivity index (χ1n) is 4.95. The molecule has 1 aromatic carbocycles. The van der Waals surface area contributed by atoms with E-state index in [-0.39, 0.29) is 5.97 Å². The number of carbonyl (C=O) groups excluding carboxylic acids is 1. The van der Waals surface area contributed by atoms with Gasteiger partial charge in [0.2, 0.25) is 0 Å². The molecular weight excluding hydrogens is 208 g/mol. The maximum absolute atomic E-state index is 11.7. The predicted octanol–water partition coefficient (Wildman–Crippen LogP) is 3.08. The summed E-state index contributed by atoms with van der Waals surface area (Å²) in [5.41, 5.74) is 3.57. The van der Waals surface area contributed by atoms with Gasteiger partial charge in [0.25, 0.3) is 0 Å². The van der Waals surface area contributed by atoms with Gasteiger partial charge in [0.1, 0.15) is 0 Å². The zero-order valence-electron chi connectivity index (χ0n) is 9.55. The molecule has 0 fully saturated rings. The Morgan fingerprint density at radius 2 is 1.93 bits per heavy atom. The van der Waals surface area contributed by atoms with Crippen molar-refractivity contribution in [3.63, 3.8) is 0 Å². The topological polar surface area (TPSA) is 26.3 Å². The SMILES string of the molecule is CCOC(=O)c1c(C)cc(C)c(S)c1C. The van der Waals surface area contributed by atoms with E-state index >= 15 is 0 Å². The summed E-state index contributed by atoms with van der Waals surface area (Å²) in [5, 5.41) is 0. The van der Waals surface area contributed by atoms with Crippen LogP contribution < -0.4 is 0 Å². The minimum atomic E-state index is -0.261. The quantitative estimate of drug-likeness (QED) is 0.617. The molecule has 0 aliphatic heterocycles. The number of thiol groups is 1. The largest absolute Gasteiger partial charge is 0.462 e. The van der Waals surface area contributed by atoms with E-state index in [4.69, 9.17) is 4.74 Å². The van der Waals surface area contributed by atoms with E-state index in [0.717, 1.165) is 21.6 Å². The number of aryl methyl sites for hydroxylation is 2. The Morgan fingerprint density at radius 3 is 2.47 bits per heavy atom. The highest BCUT2D eigenvalue weighted by atomic mass is 32.1. The lowest BCUT2D eigenvalue weighted by Crippen LogP contribution is -2.10. The van der Waals surface area contributed by atoms with Crippen LogP contribution in [0.4, 0.5) is 0 Å². The van der Waals surface area contributed by atoms with E-state index in [9.17, 15) is 4.79 Å². The maximum atomic E-state index is 11.7. The number of rotatable bonds is 2. The Balaban J connectivity index is 3.29. The number of benzene rings is 1. The van der Waals surface area contributed by atoms with Gasteiger partial charge >= 0.3 is 5.97 Å². The van der Waals surface area contributed by atoms with Crippen LogP contribution in [0, 0.1) is 20.8 Å². The first-order valence-corrected chi connectivity index (χ1v) is 5.40. The monoisotopic (exact) mass is 224 g/mol. The van der Waals surface area contributed by atoms with Gasteiger partial charge in [-0.15, -0.1) is 12.6 Å². The van der Waals surface area contributed by atoms with Crippen molar-refractivity contribution in [1.82, 2.24) is 0 Å². The first-order chi connectivity index (χ1) is 6.99. The number of ether oxygens (including phenoxy) is 1. The highest BCUT2D eigenvalue weighted by molar-refractivity contribution is 7.80. The van der Waals surface area contributed by atoms with E-state index in [1.54, 1.807) is 6.92 Å². The van der Waals surface area contributed by atoms with Crippen LogP contribution in [0.2, 0.25) is 0 Å². The first kappa shape index (κ1) is 12.1. The van der Waals surface area contributed by atoms with Crippen LogP contribution in [0.1, 0.15) is 34.0 Å². The molecule has 0 radical (unpaired) electrons. The van der Waals surface area contributed by atoms with E-state index in [0.29, 0.717) is 12.2 Å². The van der Waals surface area contributed by atoms with Crippen LogP contribution in [-0.2, 0) is 4.74 Å². The molecule has 2 nitrogen and oxygen atoms in total. The van der Waals surface area contributed by atoms with E-state index < -0.39 is 0 Å². The molecule has 82 valence electrons. The highest BCUT2D eigenvalue weighted by Gasteiger charge is 2.16. The molecule has 1 rings (SSSR count). The van der Waals surface area contributed by atoms with Crippen molar-refractivity contribution in [1.29, 1.82) is 0 Å². The molecule has 0 N–H and O–H groups in total. The summed E-state index contributed by atoms with van der Waals surface area (Å²) in [6.45, 7) is 8.00. The summed E-state index contributed by atoms with van der Waals surface area (Å²) in [6.07, 6.45) is 0. The van der Waals surface area contributed by atoms with E-state index in [1.165, 1.54) is 0 Å². The number of carbonyl (C=O) groups is 1. The molecule has 0 bridgehead atoms. The van der Waals surface area contributed by atoms with E-state index in [2.05, 4.69) is 12.6 Å². The average molecular weight is 224 g/mol. The van der Waals surface area contributed by atoms with Gasteiger partial charge in [0, 0.05) is 4.90 Å². The normalized spacial score (nSPS) is 10.2. The molecule has 0 aliphatic carbocycles. The third-order valence-corrected chi connectivity index (χ3v) is 3.10. The second-order valence-electron chi connectivity index (χ2n) is 3.58. The van der Waals surface area contributed by atoms with Gasteiger partial charge in [-0.2, -0.15) is 0 Å². The smallest absolute Gasteiger partial charge is 0.338 e. The maximum Gasteiger partial charge on any atom is 0.338 e. The zero-order valence-corrected chi connectivity index (χ0v) is 10.4. The van der Waals surface area contributed by atoms with Crippen LogP contribution in [0.3, 0.4) is 0 Å². The molecule has 0 aromatic heterocycles. The van der Waals surface area contributed by atoms with Crippen LogP contribution in [-0.4, -0.2) is 12.6 Å². The molecule has 0 aliphatic rings. The van der Waals surface area contributed by atoms with Crippen LogP contribution in [0.5, 0.6) is 0 Å². The van der Waals surface area contributed by atoms with Crippen LogP contribution in [0.25, 0.3) is 0 Å². The predicted molar refractivity (Wildman–Crippen MR) is 63.9 cm³/mol. The Hall–Kier alpha value is -0.960. The van der Waals surface area contributed by atoms with Crippen molar-refractivity contribution in [2.45, 2.75) is 32.6 Å². The van der Waals surface area contributed by atoms with Gasteiger partial charge in [-0.05, 0) is 44.4 Å². The minimum absolute atomic E-state index is 0.261. The second kappa shape index (κ2) is 4.71. The molecule has 3 heteroatoms. The summed E-state index contributed by atoms with van der Waals surface area (Å²) >= 11 is 4.38. The molecule has 0 atom stereocenters. The van der Waals surface area contributed by atoms with Gasteiger partial charge in [-0.1, -0.05) is 6.07 Å². The summed E-state index contributed by atoms with van der Waals surface area (Å²) in [7, 11) is 0. The number of hydrogen-bond acceptors (Lipinski definition) is 3. The van der Waals surface area contributed by atoms with Crippen molar-refractivity contribution in [2.24, 2.45) is 0 Å². The molecule has 0 saturated heterocycles. The third kappa shape index (κ3) is 2.34. The molecule has 0 unspecified atom stereocenters. The number of esters is 1. The Kier molecular flexibility index (Phi) is 3.80. The Morgan fingerprint density at radius 1 is 1.33 bits per heavy atom. The zero-order chi connectivity index (χ0) is 11.6. The minimum Gasteiger partial charge on any atom is -0.462 e. The van der Waals surface area contributed by atoms with Gasteiger partial charge in [0.05, 0.1) is 12.2 Å². The third-order valence-electron chi connectivity index (χ3n) is 2.41. The summed E-state index contributed by atoms with van der Waals surface area (Å²) in [5.74, 6) is -0.261. The molecule has 0 spiro atoms. The van der Waals surface area contributed by atoms with Gasteiger partial charge in [0.15, 0.2) is 0 Å². The Labute approximate surface area is 96.1 Å². The highest BCUT2D eigenvalue weighted by Crippen LogP contribution is 2.25. The number of hydrogen-bond donors (Lipinski definition) is 1. The molecule has 15 heavy (non-hydrogen) atoms. The molecule has 0 heterocycles. The van der Waals surface area contributed by atoms with E-state index in [1.807, 2.05) is 26.8 Å².